The van der Waals surface area contributed by atoms with Crippen LogP contribution < -0.4 is 0 Å². The van der Waals surface area contributed by atoms with Crippen molar-refractivity contribution in [3.63, 3.8) is 0 Å². The first kappa shape index (κ1) is 11.2. The van der Waals surface area contributed by atoms with E-state index in [1.165, 1.54) is 0 Å². The van der Waals surface area contributed by atoms with Gasteiger partial charge in [0, 0.05) is 5.57 Å². The van der Waals surface area contributed by atoms with E-state index in [0.29, 0.717) is 5.57 Å². The Morgan fingerprint density at radius 2 is 1.93 bits per heavy atom. The summed E-state index contributed by atoms with van der Waals surface area (Å²) in [6.07, 6.45) is 7.04. The van der Waals surface area contributed by atoms with Crippen LogP contribution in [0.15, 0.2) is 60.7 Å². The third-order valence-corrected chi connectivity index (χ3v) is 1.94. The summed E-state index contributed by atoms with van der Waals surface area (Å²) in [7, 11) is 0. The number of carbonyl (C=O) groups is 1. The summed E-state index contributed by atoms with van der Waals surface area (Å²) in [5.41, 5.74) is 1.71. The first-order chi connectivity index (χ1) is 7.24. The third kappa shape index (κ3) is 3.77. The van der Waals surface area contributed by atoms with Crippen LogP contribution in [0.1, 0.15) is 12.5 Å². The molecule has 0 radical (unpaired) electrons. The fourth-order valence-electron chi connectivity index (χ4n) is 1.17. The smallest absolute Gasteiger partial charge is 0.159 e. The van der Waals surface area contributed by atoms with Gasteiger partial charge in [-0.05, 0) is 18.6 Å². The molecule has 0 saturated heterocycles. The van der Waals surface area contributed by atoms with Crippen molar-refractivity contribution < 1.29 is 4.79 Å². The van der Waals surface area contributed by atoms with Gasteiger partial charge in [-0.25, -0.2) is 0 Å². The minimum absolute atomic E-state index is 0.0527. The summed E-state index contributed by atoms with van der Waals surface area (Å²) in [6.45, 7) is 5.13. The Hall–Kier alpha value is -1.89. The van der Waals surface area contributed by atoms with E-state index in [-0.39, 0.29) is 5.78 Å². The number of ketones is 1. The molecule has 1 aromatic rings. The Morgan fingerprint density at radius 1 is 1.27 bits per heavy atom. The molecule has 0 aromatic heterocycles. The van der Waals surface area contributed by atoms with Crippen LogP contribution in [0.5, 0.6) is 0 Å². The van der Waals surface area contributed by atoms with Gasteiger partial charge in [0.25, 0.3) is 0 Å². The topological polar surface area (TPSA) is 17.1 Å². The highest BCUT2D eigenvalue weighted by Gasteiger charge is 1.98. The van der Waals surface area contributed by atoms with Crippen LogP contribution in [0.2, 0.25) is 0 Å². The van der Waals surface area contributed by atoms with Crippen molar-refractivity contribution in [3.05, 3.63) is 66.3 Å². The molecule has 0 amide bonds. The van der Waals surface area contributed by atoms with Gasteiger partial charge in [0.2, 0.25) is 0 Å². The summed E-state index contributed by atoms with van der Waals surface area (Å²) in [6, 6.07) is 9.77. The molecule has 0 fully saturated rings. The molecule has 0 aliphatic carbocycles. The minimum Gasteiger partial charge on any atom is -0.295 e. The fraction of sp³-hybridized carbons (Fsp3) is 0.0714. The van der Waals surface area contributed by atoms with Gasteiger partial charge in [0.1, 0.15) is 0 Å². The van der Waals surface area contributed by atoms with Gasteiger partial charge in [-0.3, -0.25) is 4.79 Å². The number of Topliss-reactive ketones (excluding diaryl/α,β-unsaturated/α-hetero) is 1. The molecule has 76 valence electrons. The highest BCUT2D eigenvalue weighted by Crippen LogP contribution is 2.08. The standard InChI is InChI=1S/C14H14O/c1-3-4-10-14(12(2)15)11-13-8-6-5-7-9-13/h3-11H,1H2,2H3. The van der Waals surface area contributed by atoms with Crippen molar-refractivity contribution in [3.8, 4) is 0 Å². The van der Waals surface area contributed by atoms with Crippen LogP contribution in [-0.4, -0.2) is 5.78 Å². The molecule has 0 atom stereocenters. The van der Waals surface area contributed by atoms with E-state index in [9.17, 15) is 4.79 Å². The quantitative estimate of drug-likeness (QED) is 0.535. The zero-order valence-corrected chi connectivity index (χ0v) is 8.81. The van der Waals surface area contributed by atoms with E-state index in [1.54, 1.807) is 25.2 Å². The molecule has 1 heteroatoms. The molecule has 0 unspecified atom stereocenters. The second kappa shape index (κ2) is 5.76. The van der Waals surface area contributed by atoms with Crippen LogP contribution in [0.25, 0.3) is 6.08 Å². The van der Waals surface area contributed by atoms with Crippen molar-refractivity contribution in [2.24, 2.45) is 0 Å². The largest absolute Gasteiger partial charge is 0.295 e. The lowest BCUT2D eigenvalue weighted by Crippen LogP contribution is -1.92. The number of benzene rings is 1. The van der Waals surface area contributed by atoms with Gasteiger partial charge in [0.15, 0.2) is 5.78 Å². The predicted octanol–water partition coefficient (Wildman–Crippen LogP) is 3.40. The number of carbonyl (C=O) groups excluding carboxylic acids is 1. The average molecular weight is 198 g/mol. The maximum atomic E-state index is 11.3. The Labute approximate surface area is 90.4 Å². The van der Waals surface area contributed by atoms with Gasteiger partial charge >= 0.3 is 0 Å². The zero-order chi connectivity index (χ0) is 11.1. The molecule has 0 bridgehead atoms. The van der Waals surface area contributed by atoms with Crippen molar-refractivity contribution in [2.45, 2.75) is 6.92 Å². The summed E-state index contributed by atoms with van der Waals surface area (Å²) in [4.78, 5) is 11.3. The molecule has 0 saturated carbocycles. The fourth-order valence-corrected chi connectivity index (χ4v) is 1.17. The monoisotopic (exact) mass is 198 g/mol. The number of rotatable bonds is 4. The number of hydrogen-bond acceptors (Lipinski definition) is 1. The first-order valence-electron chi connectivity index (χ1n) is 4.81. The van der Waals surface area contributed by atoms with E-state index in [1.807, 2.05) is 36.4 Å². The molecule has 1 nitrogen and oxygen atoms in total. The molecule has 0 aliphatic heterocycles. The lowest BCUT2D eigenvalue weighted by atomic mass is 10.1. The van der Waals surface area contributed by atoms with Gasteiger partial charge in [-0.1, -0.05) is 55.1 Å². The summed E-state index contributed by atoms with van der Waals surface area (Å²) in [5, 5.41) is 0. The van der Waals surface area contributed by atoms with Crippen LogP contribution in [0.4, 0.5) is 0 Å². The van der Waals surface area contributed by atoms with Gasteiger partial charge < -0.3 is 0 Å². The lowest BCUT2D eigenvalue weighted by Gasteiger charge is -1.96. The second-order valence-corrected chi connectivity index (χ2v) is 3.16. The summed E-state index contributed by atoms with van der Waals surface area (Å²) in [5.74, 6) is 0.0527. The van der Waals surface area contributed by atoms with Crippen LogP contribution in [-0.2, 0) is 4.79 Å². The molecule has 0 heterocycles. The minimum atomic E-state index is 0.0527. The van der Waals surface area contributed by atoms with Crippen molar-refractivity contribution >= 4 is 11.9 Å². The van der Waals surface area contributed by atoms with E-state index >= 15 is 0 Å². The Morgan fingerprint density at radius 3 is 2.47 bits per heavy atom. The van der Waals surface area contributed by atoms with Gasteiger partial charge in [-0.2, -0.15) is 0 Å². The van der Waals surface area contributed by atoms with E-state index < -0.39 is 0 Å². The molecule has 1 rings (SSSR count). The number of allylic oxidation sites excluding steroid dienone is 4. The Bertz CT molecular complexity index is 397. The van der Waals surface area contributed by atoms with Gasteiger partial charge in [-0.15, -0.1) is 0 Å². The predicted molar refractivity (Wildman–Crippen MR) is 64.4 cm³/mol. The van der Waals surface area contributed by atoms with E-state index in [4.69, 9.17) is 0 Å². The van der Waals surface area contributed by atoms with Crippen molar-refractivity contribution in [1.82, 2.24) is 0 Å². The maximum absolute atomic E-state index is 11.3. The Kier molecular flexibility index (Phi) is 4.30. The zero-order valence-electron chi connectivity index (χ0n) is 8.81. The molecular formula is C14H14O. The highest BCUT2D eigenvalue weighted by atomic mass is 16.1. The SMILES string of the molecule is C=CC=CC(=Cc1ccccc1)C(C)=O. The molecule has 0 N–H and O–H groups in total. The third-order valence-electron chi connectivity index (χ3n) is 1.94. The number of hydrogen-bond donors (Lipinski definition) is 0. The maximum Gasteiger partial charge on any atom is 0.159 e. The van der Waals surface area contributed by atoms with Crippen LogP contribution >= 0.6 is 0 Å². The highest BCUT2D eigenvalue weighted by molar-refractivity contribution is 6.00. The summed E-state index contributed by atoms with van der Waals surface area (Å²) >= 11 is 0. The molecular weight excluding hydrogens is 184 g/mol. The summed E-state index contributed by atoms with van der Waals surface area (Å²) < 4.78 is 0. The molecule has 15 heavy (non-hydrogen) atoms. The average Bonchev–Trinajstić information content (AvgIpc) is 2.25. The molecule has 1 aromatic carbocycles. The first-order valence-corrected chi connectivity index (χ1v) is 4.81. The lowest BCUT2D eigenvalue weighted by molar-refractivity contribution is -0.113. The van der Waals surface area contributed by atoms with Crippen LogP contribution in [0, 0.1) is 0 Å². The molecule has 0 aliphatic rings. The van der Waals surface area contributed by atoms with Crippen LogP contribution in [0.3, 0.4) is 0 Å². The Balaban J connectivity index is 2.99. The van der Waals surface area contributed by atoms with Crippen molar-refractivity contribution in [2.75, 3.05) is 0 Å². The molecule has 0 spiro atoms. The van der Waals surface area contributed by atoms with E-state index in [2.05, 4.69) is 6.58 Å². The second-order valence-electron chi connectivity index (χ2n) is 3.16. The van der Waals surface area contributed by atoms with E-state index in [0.717, 1.165) is 5.56 Å². The van der Waals surface area contributed by atoms with Gasteiger partial charge in [0.05, 0.1) is 0 Å². The van der Waals surface area contributed by atoms with Crippen molar-refractivity contribution in [1.29, 1.82) is 0 Å². The normalized spacial score (nSPS) is 11.7.